The fourth-order valence-electron chi connectivity index (χ4n) is 3.88. The van der Waals surface area contributed by atoms with E-state index in [4.69, 9.17) is 4.74 Å². The second-order valence-electron chi connectivity index (χ2n) is 7.79. The van der Waals surface area contributed by atoms with Crippen molar-refractivity contribution in [3.63, 3.8) is 0 Å². The summed E-state index contributed by atoms with van der Waals surface area (Å²) in [5, 5.41) is 0. The summed E-state index contributed by atoms with van der Waals surface area (Å²) in [6, 6.07) is 15.5. The topological polar surface area (TPSA) is 9.23 Å². The van der Waals surface area contributed by atoms with Crippen LogP contribution in [0.3, 0.4) is 0 Å². The van der Waals surface area contributed by atoms with Gasteiger partial charge in [0.05, 0.1) is 12.7 Å². The van der Waals surface area contributed by atoms with Crippen molar-refractivity contribution in [1.29, 1.82) is 0 Å². The highest BCUT2D eigenvalue weighted by atomic mass is 19.2. The highest BCUT2D eigenvalue weighted by Gasteiger charge is 2.23. The first-order chi connectivity index (χ1) is 13.9. The van der Waals surface area contributed by atoms with Gasteiger partial charge in [-0.3, -0.25) is 0 Å². The number of benzene rings is 3. The molecule has 0 saturated carbocycles. The maximum absolute atomic E-state index is 14.8. The van der Waals surface area contributed by atoms with E-state index < -0.39 is 11.6 Å². The molecule has 150 valence electrons. The summed E-state index contributed by atoms with van der Waals surface area (Å²) in [7, 11) is 0. The minimum absolute atomic E-state index is 0.0852. The third kappa shape index (κ3) is 3.95. The van der Waals surface area contributed by atoms with E-state index in [2.05, 4.69) is 0 Å². The smallest absolute Gasteiger partial charge is 0.166 e. The molecule has 2 unspecified atom stereocenters. The maximum atomic E-state index is 14.8. The molecule has 29 heavy (non-hydrogen) atoms. The van der Waals surface area contributed by atoms with Gasteiger partial charge in [0.15, 0.2) is 11.6 Å². The van der Waals surface area contributed by atoms with Gasteiger partial charge in [-0.1, -0.05) is 48.5 Å². The van der Waals surface area contributed by atoms with Crippen LogP contribution < -0.4 is 0 Å². The number of hydrogen-bond donors (Lipinski definition) is 0. The Morgan fingerprint density at radius 3 is 2.14 bits per heavy atom. The SMILES string of the molecule is Cc1ccc(-c2ccc(-c3ccc(C4CCC(C)OC4)c(F)c3)cc2)c(F)c1F. The van der Waals surface area contributed by atoms with Crippen molar-refractivity contribution < 1.29 is 17.9 Å². The van der Waals surface area contributed by atoms with Gasteiger partial charge >= 0.3 is 0 Å². The lowest BCUT2D eigenvalue weighted by Gasteiger charge is -2.27. The second kappa shape index (κ2) is 8.03. The molecule has 2 atom stereocenters. The fraction of sp³-hybridized carbons (Fsp3) is 0.280. The summed E-state index contributed by atoms with van der Waals surface area (Å²) < 4.78 is 48.5. The van der Waals surface area contributed by atoms with Gasteiger partial charge in [-0.2, -0.15) is 0 Å². The molecule has 0 spiro atoms. The van der Waals surface area contributed by atoms with E-state index >= 15 is 0 Å². The molecule has 1 aliphatic heterocycles. The molecule has 4 heteroatoms. The molecular weight excluding hydrogens is 373 g/mol. The molecule has 0 aromatic heterocycles. The Morgan fingerprint density at radius 1 is 0.793 bits per heavy atom. The summed E-state index contributed by atoms with van der Waals surface area (Å²) in [5.41, 5.74) is 3.33. The van der Waals surface area contributed by atoms with Gasteiger partial charge < -0.3 is 4.74 Å². The predicted octanol–water partition coefficient (Wildman–Crippen LogP) is 7.03. The van der Waals surface area contributed by atoms with E-state index in [0.717, 1.165) is 24.0 Å². The van der Waals surface area contributed by atoms with Crippen LogP contribution in [0, 0.1) is 24.4 Å². The van der Waals surface area contributed by atoms with Gasteiger partial charge in [0.2, 0.25) is 0 Å². The fourth-order valence-corrected chi connectivity index (χ4v) is 3.88. The molecule has 0 bridgehead atoms. The molecular formula is C25H23F3O. The molecule has 1 nitrogen and oxygen atoms in total. The summed E-state index contributed by atoms with van der Waals surface area (Å²) >= 11 is 0. The van der Waals surface area contributed by atoms with Crippen molar-refractivity contribution in [1.82, 2.24) is 0 Å². The van der Waals surface area contributed by atoms with Crippen LogP contribution in [0.15, 0.2) is 54.6 Å². The highest BCUT2D eigenvalue weighted by Crippen LogP contribution is 2.33. The van der Waals surface area contributed by atoms with E-state index in [0.29, 0.717) is 17.7 Å². The van der Waals surface area contributed by atoms with E-state index in [-0.39, 0.29) is 29.0 Å². The molecule has 0 N–H and O–H groups in total. The lowest BCUT2D eigenvalue weighted by Crippen LogP contribution is -2.22. The molecule has 0 amide bonds. The van der Waals surface area contributed by atoms with Crippen LogP contribution in [0.2, 0.25) is 0 Å². The predicted molar refractivity (Wildman–Crippen MR) is 109 cm³/mol. The zero-order valence-corrected chi connectivity index (χ0v) is 16.5. The lowest BCUT2D eigenvalue weighted by atomic mass is 9.90. The summed E-state index contributed by atoms with van der Waals surface area (Å²) in [6.45, 7) is 4.12. The van der Waals surface area contributed by atoms with Crippen molar-refractivity contribution in [3.8, 4) is 22.3 Å². The van der Waals surface area contributed by atoms with Gasteiger partial charge in [-0.25, -0.2) is 13.2 Å². The largest absolute Gasteiger partial charge is 0.378 e. The molecule has 0 radical (unpaired) electrons. The highest BCUT2D eigenvalue weighted by molar-refractivity contribution is 5.71. The number of halogens is 3. The van der Waals surface area contributed by atoms with Crippen molar-refractivity contribution in [2.45, 2.75) is 38.7 Å². The summed E-state index contributed by atoms with van der Waals surface area (Å²) in [6.07, 6.45) is 2.09. The number of aryl methyl sites for hydroxylation is 1. The maximum Gasteiger partial charge on any atom is 0.166 e. The number of hydrogen-bond acceptors (Lipinski definition) is 1. The Balaban J connectivity index is 1.58. The minimum Gasteiger partial charge on any atom is -0.378 e. The van der Waals surface area contributed by atoms with Crippen molar-refractivity contribution in [2.75, 3.05) is 6.61 Å². The standard InChI is InChI=1S/C25H23F3O/c1-15-3-11-22(25(28)24(15)27)18-8-6-17(7-9-18)19-10-12-21(23(26)13-19)20-5-4-16(2)29-14-20/h3,6-13,16,20H,4-5,14H2,1-2H3. The zero-order chi connectivity index (χ0) is 20.5. The van der Waals surface area contributed by atoms with E-state index in [1.54, 1.807) is 36.4 Å². The van der Waals surface area contributed by atoms with E-state index in [1.807, 2.05) is 19.1 Å². The first-order valence-corrected chi connectivity index (χ1v) is 9.90. The Hall–Kier alpha value is -2.59. The third-order valence-electron chi connectivity index (χ3n) is 5.75. The average molecular weight is 396 g/mol. The van der Waals surface area contributed by atoms with Crippen LogP contribution in [0.5, 0.6) is 0 Å². The van der Waals surface area contributed by atoms with Crippen molar-refractivity contribution >= 4 is 0 Å². The normalized spacial score (nSPS) is 19.3. The molecule has 1 aliphatic rings. The van der Waals surface area contributed by atoms with Gasteiger partial charge in [0.25, 0.3) is 0 Å². The lowest BCUT2D eigenvalue weighted by molar-refractivity contribution is 0.0148. The second-order valence-corrected chi connectivity index (χ2v) is 7.79. The summed E-state index contributed by atoms with van der Waals surface area (Å²) in [4.78, 5) is 0. The quantitative estimate of drug-likeness (QED) is 0.462. The molecule has 1 heterocycles. The molecule has 1 fully saturated rings. The molecule has 4 rings (SSSR count). The minimum atomic E-state index is -0.850. The Kier molecular flexibility index (Phi) is 5.46. The van der Waals surface area contributed by atoms with Gasteiger partial charge in [-0.15, -0.1) is 0 Å². The molecule has 3 aromatic carbocycles. The number of ether oxygens (including phenoxy) is 1. The summed E-state index contributed by atoms with van der Waals surface area (Å²) in [5.74, 6) is -1.83. The monoisotopic (exact) mass is 396 g/mol. The third-order valence-corrected chi connectivity index (χ3v) is 5.75. The average Bonchev–Trinajstić information content (AvgIpc) is 2.73. The van der Waals surface area contributed by atoms with Crippen LogP contribution in [-0.4, -0.2) is 12.7 Å². The van der Waals surface area contributed by atoms with Crippen LogP contribution in [-0.2, 0) is 4.74 Å². The first-order valence-electron chi connectivity index (χ1n) is 9.90. The molecule has 0 aliphatic carbocycles. The Labute approximate surface area is 169 Å². The molecule has 3 aromatic rings. The van der Waals surface area contributed by atoms with Crippen LogP contribution in [0.4, 0.5) is 13.2 Å². The van der Waals surface area contributed by atoms with E-state index in [1.165, 1.54) is 13.0 Å². The Bertz CT molecular complexity index is 1020. The van der Waals surface area contributed by atoms with E-state index in [9.17, 15) is 13.2 Å². The van der Waals surface area contributed by atoms with Crippen molar-refractivity contribution in [2.24, 2.45) is 0 Å². The van der Waals surface area contributed by atoms with Crippen LogP contribution in [0.1, 0.15) is 36.8 Å². The zero-order valence-electron chi connectivity index (χ0n) is 16.5. The van der Waals surface area contributed by atoms with Gasteiger partial charge in [0.1, 0.15) is 5.82 Å². The van der Waals surface area contributed by atoms with Gasteiger partial charge in [0, 0.05) is 11.5 Å². The number of rotatable bonds is 3. The van der Waals surface area contributed by atoms with Crippen LogP contribution in [0.25, 0.3) is 22.3 Å². The first kappa shape index (κ1) is 19.7. The Morgan fingerprint density at radius 2 is 1.48 bits per heavy atom. The van der Waals surface area contributed by atoms with Gasteiger partial charge in [-0.05, 0) is 60.6 Å². The molecule has 1 saturated heterocycles. The van der Waals surface area contributed by atoms with Crippen LogP contribution >= 0.6 is 0 Å². The van der Waals surface area contributed by atoms with Crippen molar-refractivity contribution in [3.05, 3.63) is 83.2 Å².